The standard InChI is InChI=1S/C9H8N2O6/c1-17-9(15)5-3(11-16)2-4(12)6(7(5)13)8(10)14/h2,12-13H,1H3,(H2,10,14). The minimum absolute atomic E-state index is 0.558. The van der Waals surface area contributed by atoms with Crippen LogP contribution in [0.2, 0.25) is 0 Å². The van der Waals surface area contributed by atoms with Crippen LogP contribution >= 0.6 is 0 Å². The number of carbonyl (C=O) groups excluding carboxylic acids is 2. The summed E-state index contributed by atoms with van der Waals surface area (Å²) in [6.45, 7) is 0. The molecule has 8 heteroatoms. The number of esters is 1. The number of nitrogens with zero attached hydrogens (tertiary/aromatic N) is 1. The molecular weight excluding hydrogens is 232 g/mol. The Morgan fingerprint density at radius 3 is 2.35 bits per heavy atom. The number of hydrogen-bond acceptors (Lipinski definition) is 7. The zero-order valence-corrected chi connectivity index (χ0v) is 8.63. The Balaban J connectivity index is 3.67. The van der Waals surface area contributed by atoms with Crippen molar-refractivity contribution in [1.82, 2.24) is 0 Å². The Kier molecular flexibility index (Phi) is 3.27. The number of phenols is 2. The summed E-state index contributed by atoms with van der Waals surface area (Å²) in [6.07, 6.45) is 0. The average molecular weight is 240 g/mol. The van der Waals surface area contributed by atoms with Crippen molar-refractivity contribution in [2.75, 3.05) is 7.11 Å². The normalized spacial score (nSPS) is 9.71. The zero-order valence-electron chi connectivity index (χ0n) is 8.63. The van der Waals surface area contributed by atoms with Gasteiger partial charge in [-0.05, 0) is 5.18 Å². The Morgan fingerprint density at radius 2 is 1.94 bits per heavy atom. The highest BCUT2D eigenvalue weighted by molar-refractivity contribution is 6.06. The zero-order chi connectivity index (χ0) is 13.2. The molecule has 0 saturated carbocycles. The molecule has 0 radical (unpaired) electrons. The van der Waals surface area contributed by atoms with Crippen LogP contribution in [0, 0.1) is 4.91 Å². The number of hydrogen-bond donors (Lipinski definition) is 3. The molecule has 4 N–H and O–H groups in total. The number of primary amides is 1. The molecule has 0 spiro atoms. The number of nitroso groups, excluding NO2 is 1. The highest BCUT2D eigenvalue weighted by atomic mass is 16.5. The molecular formula is C9H8N2O6. The minimum Gasteiger partial charge on any atom is -0.507 e. The van der Waals surface area contributed by atoms with Crippen LogP contribution in [0.4, 0.5) is 5.69 Å². The van der Waals surface area contributed by atoms with Gasteiger partial charge in [0.2, 0.25) is 0 Å². The Bertz CT molecular complexity index is 511. The van der Waals surface area contributed by atoms with E-state index in [0.717, 1.165) is 13.2 Å². The predicted octanol–water partition coefficient (Wildman–Crippen LogP) is 0.381. The monoisotopic (exact) mass is 240 g/mol. The maximum atomic E-state index is 11.3. The highest BCUT2D eigenvalue weighted by Crippen LogP contribution is 2.38. The lowest BCUT2D eigenvalue weighted by molar-refractivity contribution is 0.0598. The van der Waals surface area contributed by atoms with Gasteiger partial charge in [-0.15, -0.1) is 4.91 Å². The molecule has 0 aliphatic carbocycles. The first-order chi connectivity index (χ1) is 7.93. The number of amides is 1. The largest absolute Gasteiger partial charge is 0.507 e. The van der Waals surface area contributed by atoms with Crippen LogP contribution < -0.4 is 5.73 Å². The van der Waals surface area contributed by atoms with Crippen molar-refractivity contribution in [1.29, 1.82) is 0 Å². The first kappa shape index (κ1) is 12.4. The van der Waals surface area contributed by atoms with Crippen molar-refractivity contribution >= 4 is 17.6 Å². The van der Waals surface area contributed by atoms with Gasteiger partial charge in [0, 0.05) is 6.07 Å². The van der Waals surface area contributed by atoms with Gasteiger partial charge in [-0.3, -0.25) is 4.79 Å². The molecule has 8 nitrogen and oxygen atoms in total. The predicted molar refractivity (Wildman–Crippen MR) is 55.1 cm³/mol. The van der Waals surface area contributed by atoms with Crippen molar-refractivity contribution < 1.29 is 24.5 Å². The smallest absolute Gasteiger partial charge is 0.344 e. The van der Waals surface area contributed by atoms with Crippen LogP contribution in [-0.2, 0) is 4.74 Å². The Labute approximate surface area is 94.6 Å². The Morgan fingerprint density at radius 1 is 1.35 bits per heavy atom. The molecule has 1 amide bonds. The van der Waals surface area contributed by atoms with Gasteiger partial charge in [0.05, 0.1) is 7.11 Å². The molecule has 0 aliphatic rings. The van der Waals surface area contributed by atoms with E-state index in [9.17, 15) is 24.7 Å². The highest BCUT2D eigenvalue weighted by Gasteiger charge is 2.26. The Hall–Kier alpha value is -2.64. The van der Waals surface area contributed by atoms with E-state index in [1.54, 1.807) is 0 Å². The number of ether oxygens (including phenoxy) is 1. The average Bonchev–Trinajstić information content (AvgIpc) is 2.26. The van der Waals surface area contributed by atoms with Gasteiger partial charge in [0.15, 0.2) is 0 Å². The first-order valence-electron chi connectivity index (χ1n) is 4.24. The fourth-order valence-electron chi connectivity index (χ4n) is 1.26. The summed E-state index contributed by atoms with van der Waals surface area (Å²) in [6, 6.07) is 0.735. The van der Waals surface area contributed by atoms with Crippen LogP contribution in [0.1, 0.15) is 20.7 Å². The van der Waals surface area contributed by atoms with Gasteiger partial charge in [-0.2, -0.15) is 0 Å². The SMILES string of the molecule is COC(=O)c1c(N=O)cc(O)c(C(N)=O)c1O. The summed E-state index contributed by atoms with van der Waals surface area (Å²) in [5, 5.41) is 21.4. The molecule has 0 aliphatic heterocycles. The number of methoxy groups -OCH3 is 1. The number of aromatic hydroxyl groups is 2. The van der Waals surface area contributed by atoms with Gasteiger partial charge < -0.3 is 20.7 Å². The first-order valence-corrected chi connectivity index (χ1v) is 4.24. The van der Waals surface area contributed by atoms with E-state index in [4.69, 9.17) is 5.73 Å². The molecule has 90 valence electrons. The van der Waals surface area contributed by atoms with E-state index in [1.165, 1.54) is 0 Å². The molecule has 1 aromatic carbocycles. The fourth-order valence-corrected chi connectivity index (χ4v) is 1.26. The van der Waals surface area contributed by atoms with Crippen molar-refractivity contribution in [3.63, 3.8) is 0 Å². The second-order valence-corrected chi connectivity index (χ2v) is 2.96. The van der Waals surface area contributed by atoms with E-state index >= 15 is 0 Å². The molecule has 1 aromatic rings. The second kappa shape index (κ2) is 4.47. The maximum Gasteiger partial charge on any atom is 0.344 e. The van der Waals surface area contributed by atoms with Crippen LogP contribution in [0.15, 0.2) is 11.2 Å². The van der Waals surface area contributed by atoms with Gasteiger partial charge in [-0.1, -0.05) is 0 Å². The lowest BCUT2D eigenvalue weighted by Crippen LogP contribution is -2.13. The number of carbonyl (C=O) groups is 2. The molecule has 1 rings (SSSR count). The lowest BCUT2D eigenvalue weighted by Gasteiger charge is -2.09. The van der Waals surface area contributed by atoms with Gasteiger partial charge in [-0.25, -0.2) is 4.79 Å². The van der Waals surface area contributed by atoms with Crippen LogP contribution in [0.3, 0.4) is 0 Å². The molecule has 0 aromatic heterocycles. The van der Waals surface area contributed by atoms with E-state index < -0.39 is 40.2 Å². The van der Waals surface area contributed by atoms with Gasteiger partial charge >= 0.3 is 5.97 Å². The fraction of sp³-hybridized carbons (Fsp3) is 0.111. The van der Waals surface area contributed by atoms with E-state index in [-0.39, 0.29) is 0 Å². The third-order valence-corrected chi connectivity index (χ3v) is 1.99. The number of benzene rings is 1. The summed E-state index contributed by atoms with van der Waals surface area (Å²) >= 11 is 0. The van der Waals surface area contributed by atoms with E-state index in [2.05, 4.69) is 9.91 Å². The van der Waals surface area contributed by atoms with E-state index in [1.807, 2.05) is 0 Å². The van der Waals surface area contributed by atoms with Gasteiger partial charge in [0.25, 0.3) is 5.91 Å². The molecule has 0 bridgehead atoms. The number of nitrogens with two attached hydrogens (primary N) is 1. The minimum atomic E-state index is -1.16. The topological polar surface area (TPSA) is 139 Å². The third kappa shape index (κ3) is 2.00. The molecule has 0 atom stereocenters. The summed E-state index contributed by atoms with van der Waals surface area (Å²) in [4.78, 5) is 32.7. The molecule has 0 heterocycles. The summed E-state index contributed by atoms with van der Waals surface area (Å²) in [7, 11) is 1.01. The van der Waals surface area contributed by atoms with Gasteiger partial charge in [0.1, 0.15) is 28.3 Å². The second-order valence-electron chi connectivity index (χ2n) is 2.96. The van der Waals surface area contributed by atoms with Crippen LogP contribution in [-0.4, -0.2) is 29.2 Å². The van der Waals surface area contributed by atoms with Crippen LogP contribution in [0.25, 0.3) is 0 Å². The van der Waals surface area contributed by atoms with Crippen molar-refractivity contribution in [2.45, 2.75) is 0 Å². The molecule has 0 fully saturated rings. The quantitative estimate of drug-likeness (QED) is 0.515. The van der Waals surface area contributed by atoms with E-state index in [0.29, 0.717) is 0 Å². The number of rotatable bonds is 3. The molecule has 0 saturated heterocycles. The summed E-state index contributed by atoms with van der Waals surface area (Å²) < 4.78 is 4.30. The molecule has 17 heavy (non-hydrogen) atoms. The maximum absolute atomic E-state index is 11.3. The van der Waals surface area contributed by atoms with Crippen molar-refractivity contribution in [3.8, 4) is 11.5 Å². The lowest BCUT2D eigenvalue weighted by atomic mass is 10.0. The third-order valence-electron chi connectivity index (χ3n) is 1.99. The van der Waals surface area contributed by atoms with Crippen molar-refractivity contribution in [3.05, 3.63) is 22.1 Å². The molecule has 0 unspecified atom stereocenters. The summed E-state index contributed by atoms with van der Waals surface area (Å²) in [5.74, 6) is -3.95. The summed E-state index contributed by atoms with van der Waals surface area (Å²) in [5.41, 5.74) is 3.03. The van der Waals surface area contributed by atoms with Crippen LogP contribution in [0.5, 0.6) is 11.5 Å². The van der Waals surface area contributed by atoms with Crippen molar-refractivity contribution in [2.24, 2.45) is 10.9 Å².